The molecule has 1 rings (SSSR count). The summed E-state index contributed by atoms with van der Waals surface area (Å²) in [5, 5.41) is 12.2. The zero-order chi connectivity index (χ0) is 10.4. The largest absolute Gasteiger partial charge is 0.480 e. The molecule has 3 amide bonds. The molecule has 7 nitrogen and oxygen atoms in total. The number of hydrogen-bond donors (Lipinski definition) is 4. The lowest BCUT2D eigenvalue weighted by atomic mass is 10.4. The number of carboxylic acids is 1. The SMILES string of the molecule is CC(N)C(=O)O.O=C1CNC(=O)N1. The van der Waals surface area contributed by atoms with Crippen LogP contribution < -0.4 is 16.4 Å². The van der Waals surface area contributed by atoms with Gasteiger partial charge in [0.25, 0.3) is 0 Å². The quantitative estimate of drug-likeness (QED) is 0.364. The Balaban J connectivity index is 0.000000226. The Morgan fingerprint density at radius 2 is 2.08 bits per heavy atom. The van der Waals surface area contributed by atoms with Gasteiger partial charge in [-0.2, -0.15) is 0 Å². The number of carbonyl (C=O) groups excluding carboxylic acids is 2. The molecular formula is C6H11N3O4. The van der Waals surface area contributed by atoms with Gasteiger partial charge in [0.1, 0.15) is 6.04 Å². The molecule has 5 N–H and O–H groups in total. The molecule has 1 fully saturated rings. The lowest BCUT2D eigenvalue weighted by Gasteiger charge is -1.90. The number of rotatable bonds is 1. The van der Waals surface area contributed by atoms with Crippen molar-refractivity contribution in [2.75, 3.05) is 6.54 Å². The summed E-state index contributed by atoms with van der Waals surface area (Å²) < 4.78 is 0. The van der Waals surface area contributed by atoms with Crippen molar-refractivity contribution in [3.8, 4) is 0 Å². The maximum atomic E-state index is 10.1. The standard InChI is InChI=1S/C3H4N2O2.C3H7NO2/c6-2-1-4-3(7)5-2;1-2(4)3(5)6/h1H2,(H2,4,5,6,7);2H,4H2,1H3,(H,5,6). The molecule has 1 unspecified atom stereocenters. The first-order valence-electron chi connectivity index (χ1n) is 3.49. The minimum Gasteiger partial charge on any atom is -0.480 e. The van der Waals surface area contributed by atoms with Crippen LogP contribution in [0.2, 0.25) is 0 Å². The van der Waals surface area contributed by atoms with Crippen molar-refractivity contribution < 1.29 is 19.5 Å². The molecule has 0 aromatic heterocycles. The Morgan fingerprint density at radius 3 is 2.15 bits per heavy atom. The second-order valence-corrected chi connectivity index (χ2v) is 2.36. The number of hydrogen-bond acceptors (Lipinski definition) is 4. The van der Waals surface area contributed by atoms with Crippen LogP contribution in [0.15, 0.2) is 0 Å². The lowest BCUT2D eigenvalue weighted by molar-refractivity contribution is -0.138. The van der Waals surface area contributed by atoms with E-state index in [2.05, 4.69) is 5.32 Å². The van der Waals surface area contributed by atoms with Gasteiger partial charge in [0, 0.05) is 0 Å². The number of nitrogens with one attached hydrogen (secondary N) is 2. The normalized spacial score (nSPS) is 16.5. The lowest BCUT2D eigenvalue weighted by Crippen LogP contribution is -2.25. The summed E-state index contributed by atoms with van der Waals surface area (Å²) in [6, 6.07) is -1.13. The van der Waals surface area contributed by atoms with E-state index >= 15 is 0 Å². The molecule has 1 atom stereocenters. The van der Waals surface area contributed by atoms with Gasteiger partial charge in [-0.15, -0.1) is 0 Å². The average Bonchev–Trinajstić information content (AvgIpc) is 2.35. The molecule has 7 heteroatoms. The molecule has 0 aliphatic carbocycles. The Kier molecular flexibility index (Phi) is 4.45. The first-order chi connectivity index (χ1) is 5.93. The van der Waals surface area contributed by atoms with Crippen LogP contribution in [0.3, 0.4) is 0 Å². The third kappa shape index (κ3) is 5.62. The van der Waals surface area contributed by atoms with E-state index in [-0.39, 0.29) is 12.5 Å². The van der Waals surface area contributed by atoms with Gasteiger partial charge < -0.3 is 16.2 Å². The summed E-state index contributed by atoms with van der Waals surface area (Å²) in [6.45, 7) is 1.54. The van der Waals surface area contributed by atoms with Crippen molar-refractivity contribution >= 4 is 17.9 Å². The molecule has 0 spiro atoms. The molecule has 0 saturated carbocycles. The van der Waals surface area contributed by atoms with Gasteiger partial charge in [0.15, 0.2) is 0 Å². The van der Waals surface area contributed by atoms with E-state index in [0.717, 1.165) is 0 Å². The Hall–Kier alpha value is -1.63. The molecule has 0 aromatic carbocycles. The third-order valence-electron chi connectivity index (χ3n) is 1.05. The number of carboxylic acid groups (broad SMARTS) is 1. The van der Waals surface area contributed by atoms with Gasteiger partial charge in [0.2, 0.25) is 5.91 Å². The van der Waals surface area contributed by atoms with E-state index < -0.39 is 18.0 Å². The van der Waals surface area contributed by atoms with Crippen LogP contribution in [-0.2, 0) is 9.59 Å². The molecular weight excluding hydrogens is 178 g/mol. The van der Waals surface area contributed by atoms with Crippen molar-refractivity contribution in [1.82, 2.24) is 10.6 Å². The number of amides is 3. The molecule has 1 saturated heterocycles. The number of urea groups is 1. The minimum atomic E-state index is -0.963. The van der Waals surface area contributed by atoms with Crippen LogP contribution >= 0.6 is 0 Å². The highest BCUT2D eigenvalue weighted by atomic mass is 16.4. The third-order valence-corrected chi connectivity index (χ3v) is 1.05. The summed E-state index contributed by atoms with van der Waals surface area (Å²) >= 11 is 0. The summed E-state index contributed by atoms with van der Waals surface area (Å²) in [5.41, 5.74) is 4.84. The van der Waals surface area contributed by atoms with Crippen LogP contribution in [0.1, 0.15) is 6.92 Å². The average molecular weight is 189 g/mol. The van der Waals surface area contributed by atoms with E-state index in [0.29, 0.717) is 0 Å². The summed E-state index contributed by atoms with van der Waals surface area (Å²) in [7, 11) is 0. The van der Waals surface area contributed by atoms with Gasteiger partial charge in [-0.25, -0.2) is 4.79 Å². The minimum absolute atomic E-state index is 0.124. The first kappa shape index (κ1) is 11.4. The van der Waals surface area contributed by atoms with E-state index in [1.54, 1.807) is 0 Å². The molecule has 0 radical (unpaired) electrons. The fourth-order valence-corrected chi connectivity index (χ4v) is 0.376. The van der Waals surface area contributed by atoms with Gasteiger partial charge in [-0.3, -0.25) is 14.9 Å². The highest BCUT2D eigenvalue weighted by molar-refractivity contribution is 6.01. The van der Waals surface area contributed by atoms with Gasteiger partial charge in [0.05, 0.1) is 6.54 Å². The first-order valence-corrected chi connectivity index (χ1v) is 3.49. The smallest absolute Gasteiger partial charge is 0.321 e. The van der Waals surface area contributed by atoms with Crippen molar-refractivity contribution in [3.05, 3.63) is 0 Å². The molecule has 0 bridgehead atoms. The molecule has 13 heavy (non-hydrogen) atoms. The summed E-state index contributed by atoms with van der Waals surface area (Å²) in [6.07, 6.45) is 0. The van der Waals surface area contributed by atoms with Gasteiger partial charge in [-0.05, 0) is 6.92 Å². The van der Waals surface area contributed by atoms with E-state index in [1.165, 1.54) is 6.92 Å². The van der Waals surface area contributed by atoms with Crippen LogP contribution in [0.25, 0.3) is 0 Å². The highest BCUT2D eigenvalue weighted by Crippen LogP contribution is 1.73. The van der Waals surface area contributed by atoms with Crippen molar-refractivity contribution in [2.45, 2.75) is 13.0 Å². The van der Waals surface area contributed by atoms with E-state index in [9.17, 15) is 14.4 Å². The van der Waals surface area contributed by atoms with Crippen LogP contribution in [-0.4, -0.2) is 35.6 Å². The number of aliphatic carboxylic acids is 1. The Bertz CT molecular complexity index is 212. The van der Waals surface area contributed by atoms with Crippen molar-refractivity contribution in [2.24, 2.45) is 5.73 Å². The zero-order valence-electron chi connectivity index (χ0n) is 7.03. The second-order valence-electron chi connectivity index (χ2n) is 2.36. The van der Waals surface area contributed by atoms with Gasteiger partial charge in [-0.1, -0.05) is 0 Å². The van der Waals surface area contributed by atoms with Gasteiger partial charge >= 0.3 is 12.0 Å². The van der Waals surface area contributed by atoms with Crippen molar-refractivity contribution in [1.29, 1.82) is 0 Å². The fourth-order valence-electron chi connectivity index (χ4n) is 0.376. The topological polar surface area (TPSA) is 122 Å². The molecule has 1 aliphatic heterocycles. The van der Waals surface area contributed by atoms with Crippen molar-refractivity contribution in [3.63, 3.8) is 0 Å². The monoisotopic (exact) mass is 189 g/mol. The Labute approximate surface area is 74.3 Å². The molecule has 1 heterocycles. The van der Waals surface area contributed by atoms with Crippen LogP contribution in [0, 0.1) is 0 Å². The molecule has 1 aliphatic rings. The summed E-state index contributed by atoms with van der Waals surface area (Å²) in [4.78, 5) is 29.6. The fraction of sp³-hybridized carbons (Fsp3) is 0.500. The maximum Gasteiger partial charge on any atom is 0.321 e. The summed E-state index contributed by atoms with van der Waals surface area (Å²) in [5.74, 6) is -1.22. The molecule has 0 aromatic rings. The van der Waals surface area contributed by atoms with Crippen LogP contribution in [0.5, 0.6) is 0 Å². The van der Waals surface area contributed by atoms with E-state index in [4.69, 9.17) is 10.8 Å². The number of imide groups is 1. The maximum absolute atomic E-state index is 10.1. The predicted octanol–water partition coefficient (Wildman–Crippen LogP) is -1.76. The van der Waals surface area contributed by atoms with E-state index in [1.807, 2.05) is 5.32 Å². The zero-order valence-corrected chi connectivity index (χ0v) is 7.03. The second kappa shape index (κ2) is 5.09. The Morgan fingerprint density at radius 1 is 1.62 bits per heavy atom. The molecule has 74 valence electrons. The number of nitrogens with two attached hydrogens (primary N) is 1. The van der Waals surface area contributed by atoms with Crippen LogP contribution in [0.4, 0.5) is 4.79 Å². The highest BCUT2D eigenvalue weighted by Gasteiger charge is 2.14. The number of carbonyl (C=O) groups is 3. The predicted molar refractivity (Wildman–Crippen MR) is 42.8 cm³/mol.